The fourth-order valence-corrected chi connectivity index (χ4v) is 12.5. The number of fused-ring (bicyclic) bond motifs is 4. The van der Waals surface area contributed by atoms with Crippen LogP contribution in [0.5, 0.6) is 0 Å². The predicted octanol–water partition coefficient (Wildman–Crippen LogP) is 9.59. The molecule has 178 valence electrons. The van der Waals surface area contributed by atoms with Crippen molar-refractivity contribution in [2.24, 2.45) is 0 Å². The van der Waals surface area contributed by atoms with Gasteiger partial charge in [-0.2, -0.15) is 0 Å². The lowest BCUT2D eigenvalue weighted by atomic mass is 9.50. The molecule has 6 aromatic carbocycles. The largest absolute Gasteiger partial charge is 0.111 e. The maximum absolute atomic E-state index is 2.55. The topological polar surface area (TPSA) is 0 Å². The van der Waals surface area contributed by atoms with Gasteiger partial charge in [-0.05, 0) is 79.2 Å². The van der Waals surface area contributed by atoms with Gasteiger partial charge in [0.2, 0.25) is 0 Å². The van der Waals surface area contributed by atoms with Crippen molar-refractivity contribution in [3.05, 3.63) is 155 Å². The Kier molecular flexibility index (Phi) is 3.64. The van der Waals surface area contributed by atoms with Crippen LogP contribution < -0.4 is 0 Å². The minimum absolute atomic E-state index is 0.0931. The van der Waals surface area contributed by atoms with Gasteiger partial charge in [0.05, 0.1) is 9.49 Å². The van der Waals surface area contributed by atoms with E-state index in [2.05, 4.69) is 145 Å². The molecule has 2 bridgehead atoms. The summed E-state index contributed by atoms with van der Waals surface area (Å²) in [5, 5.41) is 5.38. The lowest BCUT2D eigenvalue weighted by Gasteiger charge is -2.59. The Morgan fingerprint density at radius 2 is 0.711 bits per heavy atom. The average Bonchev–Trinajstić information content (AvgIpc) is 3.42. The van der Waals surface area contributed by atoms with Gasteiger partial charge in [-0.25, -0.2) is 0 Å². The highest BCUT2D eigenvalue weighted by Crippen LogP contribution is 2.86. The quantitative estimate of drug-likeness (QED) is 0.196. The van der Waals surface area contributed by atoms with Crippen molar-refractivity contribution in [1.29, 1.82) is 0 Å². The molecule has 0 nitrogen and oxygen atoms in total. The third-order valence-electron chi connectivity index (χ3n) is 9.64. The molecule has 0 saturated heterocycles. The fraction of sp³-hybridized carbons (Fsp3) is 0.111. The number of benzene rings is 6. The second-order valence-corrected chi connectivity index (χ2v) is 13.8. The molecule has 2 heteroatoms. The first kappa shape index (κ1) is 20.5. The van der Waals surface area contributed by atoms with Crippen molar-refractivity contribution in [3.8, 4) is 0 Å². The summed E-state index contributed by atoms with van der Waals surface area (Å²) in [5.41, 5.74) is 9.17. The Morgan fingerprint density at radius 3 is 1.08 bits per heavy atom. The first-order valence-electron chi connectivity index (χ1n) is 13.4. The van der Waals surface area contributed by atoms with Crippen molar-refractivity contribution in [1.82, 2.24) is 0 Å². The van der Waals surface area contributed by atoms with Gasteiger partial charge in [0.15, 0.2) is 0 Å². The van der Waals surface area contributed by atoms with Crippen LogP contribution in [0.3, 0.4) is 0 Å². The first-order chi connectivity index (χ1) is 18.8. The van der Waals surface area contributed by atoms with E-state index in [1.165, 1.54) is 64.7 Å². The van der Waals surface area contributed by atoms with Crippen LogP contribution in [-0.2, 0) is 9.49 Å². The highest BCUT2D eigenvalue weighted by Gasteiger charge is 2.76. The van der Waals surface area contributed by atoms with Gasteiger partial charge in [0, 0.05) is 21.6 Å². The van der Waals surface area contributed by atoms with Crippen molar-refractivity contribution in [2.45, 2.75) is 31.1 Å². The normalized spacial score (nSPS) is 26.9. The second kappa shape index (κ2) is 6.75. The Balaban J connectivity index is 1.41. The fourth-order valence-electron chi connectivity index (χ4n) is 8.34. The first-order valence-corrected chi connectivity index (χ1v) is 15.1. The monoisotopic (exact) mass is 518 g/mol. The minimum Gasteiger partial charge on any atom is -0.111 e. The molecule has 6 aromatic rings. The van der Waals surface area contributed by atoms with E-state index in [-0.39, 0.29) is 9.49 Å². The van der Waals surface area contributed by atoms with Crippen LogP contribution >= 0.6 is 23.5 Å². The summed E-state index contributed by atoms with van der Waals surface area (Å²) < 4.78 is -0.186. The Bertz CT molecular complexity index is 1830. The molecular formula is C36H22S2. The summed E-state index contributed by atoms with van der Waals surface area (Å²) in [6.45, 7) is 0. The van der Waals surface area contributed by atoms with Crippen molar-refractivity contribution < 1.29 is 0 Å². The van der Waals surface area contributed by atoms with Gasteiger partial charge in [-0.15, -0.1) is 23.5 Å². The van der Waals surface area contributed by atoms with Gasteiger partial charge in [-0.3, -0.25) is 0 Å². The molecule has 0 N–H and O–H groups in total. The lowest BCUT2D eigenvalue weighted by molar-refractivity contribution is 0.328. The zero-order valence-corrected chi connectivity index (χ0v) is 22.2. The molecule has 2 aliphatic heterocycles. The van der Waals surface area contributed by atoms with Crippen LogP contribution in [0.25, 0.3) is 21.5 Å². The standard InChI is InChI=1S/C36H22S2/c1-3-11-23-19-31-29(17-21(23)9-1)35-33-25-13-5-7-15-27(25)34(28-16-8-6-14-26(28)33)36(35,37-31)30-18-22-10-2-4-12-24(22)20-32(30)38-35/h1-20,33-34H/t33?,34?,35-,36-/m0/s1. The Morgan fingerprint density at radius 1 is 0.395 bits per heavy atom. The van der Waals surface area contributed by atoms with Crippen molar-refractivity contribution in [3.63, 3.8) is 0 Å². The molecule has 0 fully saturated rings. The molecule has 3 aliphatic carbocycles. The highest BCUT2D eigenvalue weighted by molar-refractivity contribution is 8.06. The summed E-state index contributed by atoms with van der Waals surface area (Å²) in [7, 11) is 0. The minimum atomic E-state index is -0.0931. The molecule has 0 aromatic heterocycles. The van der Waals surface area contributed by atoms with Crippen LogP contribution in [0.15, 0.2) is 131 Å². The van der Waals surface area contributed by atoms with Gasteiger partial charge in [0.25, 0.3) is 0 Å². The number of thioether (sulfide) groups is 2. The SMILES string of the molecule is c1ccc2c(c1)C1c3ccccc3C2[C@]23Sc4cc5ccccc5cc4[C@]12Sc1cc2ccccc2cc13. The molecule has 0 spiro atoms. The second-order valence-electron chi connectivity index (χ2n) is 11.2. The zero-order valence-electron chi connectivity index (χ0n) is 20.5. The predicted molar refractivity (Wildman–Crippen MR) is 160 cm³/mol. The zero-order chi connectivity index (χ0) is 24.6. The van der Waals surface area contributed by atoms with Crippen LogP contribution in [-0.4, -0.2) is 0 Å². The summed E-state index contributed by atoms with van der Waals surface area (Å²) in [6, 6.07) is 46.6. The van der Waals surface area contributed by atoms with E-state index in [0.717, 1.165) is 0 Å². The molecule has 38 heavy (non-hydrogen) atoms. The van der Waals surface area contributed by atoms with Crippen LogP contribution in [0.4, 0.5) is 0 Å². The van der Waals surface area contributed by atoms with Gasteiger partial charge < -0.3 is 0 Å². The van der Waals surface area contributed by atoms with E-state index in [1.807, 2.05) is 0 Å². The molecule has 0 radical (unpaired) electrons. The van der Waals surface area contributed by atoms with E-state index >= 15 is 0 Å². The van der Waals surface area contributed by atoms with Crippen LogP contribution in [0, 0.1) is 0 Å². The smallest absolute Gasteiger partial charge is 0.0775 e. The maximum Gasteiger partial charge on any atom is 0.0775 e. The average molecular weight is 519 g/mol. The van der Waals surface area contributed by atoms with Crippen molar-refractivity contribution >= 4 is 45.1 Å². The lowest BCUT2D eigenvalue weighted by Crippen LogP contribution is -2.54. The van der Waals surface area contributed by atoms with E-state index < -0.39 is 0 Å². The maximum atomic E-state index is 2.55. The molecule has 11 rings (SSSR count). The van der Waals surface area contributed by atoms with Crippen LogP contribution in [0.1, 0.15) is 45.2 Å². The molecule has 0 saturated carbocycles. The molecule has 0 amide bonds. The summed E-state index contributed by atoms with van der Waals surface area (Å²) in [6.07, 6.45) is 0. The van der Waals surface area contributed by atoms with Gasteiger partial charge in [-0.1, -0.05) is 97.1 Å². The molecule has 0 unspecified atom stereocenters. The third-order valence-corrected chi connectivity index (χ3v) is 13.1. The molecule has 2 heterocycles. The summed E-state index contributed by atoms with van der Waals surface area (Å²) in [5.74, 6) is 0.602. The van der Waals surface area contributed by atoms with E-state index in [4.69, 9.17) is 0 Å². The summed E-state index contributed by atoms with van der Waals surface area (Å²) in [4.78, 5) is 2.93. The Labute approximate surface area is 230 Å². The van der Waals surface area contributed by atoms with Crippen molar-refractivity contribution in [2.75, 3.05) is 0 Å². The van der Waals surface area contributed by atoms with E-state index in [1.54, 1.807) is 0 Å². The molecule has 2 atom stereocenters. The molecule has 5 aliphatic rings. The van der Waals surface area contributed by atoms with E-state index in [9.17, 15) is 0 Å². The number of rotatable bonds is 0. The van der Waals surface area contributed by atoms with Gasteiger partial charge >= 0.3 is 0 Å². The number of hydrogen-bond acceptors (Lipinski definition) is 2. The van der Waals surface area contributed by atoms with Crippen LogP contribution in [0.2, 0.25) is 0 Å². The Hall–Kier alpha value is -3.46. The van der Waals surface area contributed by atoms with Gasteiger partial charge in [0.1, 0.15) is 0 Å². The third kappa shape index (κ3) is 2.12. The highest BCUT2D eigenvalue weighted by atomic mass is 32.2. The van der Waals surface area contributed by atoms with E-state index in [0.29, 0.717) is 11.8 Å². The number of hydrogen-bond donors (Lipinski definition) is 0. The summed E-state index contributed by atoms with van der Waals surface area (Å²) >= 11 is 4.33. The molecular weight excluding hydrogens is 497 g/mol.